The van der Waals surface area contributed by atoms with Crippen LogP contribution in [-0.2, 0) is 5.75 Å². The first-order valence-corrected chi connectivity index (χ1v) is 6.68. The largest absolute Gasteiger partial charge is 0.383 e. The summed E-state index contributed by atoms with van der Waals surface area (Å²) in [5.41, 5.74) is 6.76. The monoisotopic (exact) mass is 284 g/mol. The molecule has 1 aromatic heterocycles. The number of nitrogens with zero attached hydrogens (tertiary/aromatic N) is 1. The number of hydrogen-bond acceptors (Lipinski definition) is 3. The molecular formula is C12H10Cl2N2S. The van der Waals surface area contributed by atoms with Gasteiger partial charge in [-0.1, -0.05) is 29.3 Å². The van der Waals surface area contributed by atoms with Gasteiger partial charge in [-0.3, -0.25) is 0 Å². The van der Waals surface area contributed by atoms with E-state index in [1.54, 1.807) is 30.1 Å². The predicted molar refractivity (Wildman–Crippen MR) is 74.7 cm³/mol. The highest BCUT2D eigenvalue weighted by Gasteiger charge is 2.05. The van der Waals surface area contributed by atoms with Crippen LogP contribution in [0.4, 0.5) is 5.82 Å². The van der Waals surface area contributed by atoms with Crippen molar-refractivity contribution in [3.8, 4) is 0 Å². The molecule has 2 rings (SSSR count). The van der Waals surface area contributed by atoms with Crippen LogP contribution in [0.25, 0.3) is 0 Å². The molecule has 0 aliphatic rings. The Morgan fingerprint density at radius 3 is 2.82 bits per heavy atom. The van der Waals surface area contributed by atoms with Crippen LogP contribution in [0.5, 0.6) is 0 Å². The topological polar surface area (TPSA) is 38.9 Å². The van der Waals surface area contributed by atoms with Gasteiger partial charge in [0, 0.05) is 27.4 Å². The van der Waals surface area contributed by atoms with E-state index in [1.165, 1.54) is 0 Å². The lowest BCUT2D eigenvalue weighted by atomic mass is 10.3. The van der Waals surface area contributed by atoms with Crippen LogP contribution in [0.3, 0.4) is 0 Å². The summed E-state index contributed by atoms with van der Waals surface area (Å²) in [6.45, 7) is 0. The van der Waals surface area contributed by atoms with Crippen LogP contribution in [0.15, 0.2) is 41.4 Å². The summed E-state index contributed by atoms with van der Waals surface area (Å²) >= 11 is 13.6. The van der Waals surface area contributed by atoms with Crippen molar-refractivity contribution in [1.82, 2.24) is 4.98 Å². The first-order chi connectivity index (χ1) is 8.16. The van der Waals surface area contributed by atoms with Gasteiger partial charge in [-0.25, -0.2) is 4.98 Å². The van der Waals surface area contributed by atoms with Gasteiger partial charge in [0.1, 0.15) is 5.82 Å². The molecular weight excluding hydrogens is 275 g/mol. The number of thioether (sulfide) groups is 1. The van der Waals surface area contributed by atoms with E-state index in [-0.39, 0.29) is 0 Å². The van der Waals surface area contributed by atoms with E-state index >= 15 is 0 Å². The van der Waals surface area contributed by atoms with Gasteiger partial charge >= 0.3 is 0 Å². The lowest BCUT2D eigenvalue weighted by Gasteiger charge is -2.06. The molecule has 2 aromatic rings. The normalized spacial score (nSPS) is 10.5. The van der Waals surface area contributed by atoms with Crippen LogP contribution >= 0.6 is 35.0 Å². The highest BCUT2D eigenvalue weighted by molar-refractivity contribution is 7.98. The molecule has 0 radical (unpaired) electrons. The minimum Gasteiger partial charge on any atom is -0.383 e. The van der Waals surface area contributed by atoms with Gasteiger partial charge in [0.25, 0.3) is 0 Å². The van der Waals surface area contributed by atoms with Gasteiger partial charge in [-0.05, 0) is 24.3 Å². The zero-order valence-electron chi connectivity index (χ0n) is 8.86. The molecule has 0 unspecified atom stereocenters. The van der Waals surface area contributed by atoms with Crippen molar-refractivity contribution in [2.75, 3.05) is 5.73 Å². The van der Waals surface area contributed by atoms with E-state index < -0.39 is 0 Å². The van der Waals surface area contributed by atoms with Crippen LogP contribution in [0.1, 0.15) is 5.56 Å². The molecule has 0 aliphatic carbocycles. The van der Waals surface area contributed by atoms with Crippen molar-refractivity contribution < 1.29 is 0 Å². The van der Waals surface area contributed by atoms with E-state index in [4.69, 9.17) is 28.9 Å². The van der Waals surface area contributed by atoms with Crippen LogP contribution in [-0.4, -0.2) is 4.98 Å². The van der Waals surface area contributed by atoms with E-state index in [0.29, 0.717) is 15.9 Å². The maximum atomic E-state index is 6.08. The third-order valence-corrected chi connectivity index (χ3v) is 3.98. The minimum atomic E-state index is 0.554. The summed E-state index contributed by atoms with van der Waals surface area (Å²) in [7, 11) is 0. The van der Waals surface area contributed by atoms with Gasteiger partial charge < -0.3 is 5.73 Å². The fraction of sp³-hybridized carbons (Fsp3) is 0.0833. The molecule has 17 heavy (non-hydrogen) atoms. The molecule has 2 N–H and O–H groups in total. The lowest BCUT2D eigenvalue weighted by molar-refractivity contribution is 1.26. The number of anilines is 1. The summed E-state index contributed by atoms with van der Waals surface area (Å²) in [5.74, 6) is 1.28. The van der Waals surface area contributed by atoms with Gasteiger partial charge in [0.2, 0.25) is 0 Å². The number of pyridine rings is 1. The van der Waals surface area contributed by atoms with Gasteiger partial charge in [-0.15, -0.1) is 11.8 Å². The molecule has 0 bridgehead atoms. The second-order valence-electron chi connectivity index (χ2n) is 3.41. The molecule has 0 fully saturated rings. The van der Waals surface area contributed by atoms with Crippen LogP contribution in [0.2, 0.25) is 10.0 Å². The second-order valence-corrected chi connectivity index (χ2v) is 5.27. The molecule has 0 saturated heterocycles. The highest BCUT2D eigenvalue weighted by atomic mass is 35.5. The van der Waals surface area contributed by atoms with Gasteiger partial charge in [0.15, 0.2) is 0 Å². The van der Waals surface area contributed by atoms with Crippen molar-refractivity contribution in [1.29, 1.82) is 0 Å². The number of rotatable bonds is 3. The number of aromatic nitrogens is 1. The number of benzene rings is 1. The van der Waals surface area contributed by atoms with E-state index in [0.717, 1.165) is 16.2 Å². The van der Waals surface area contributed by atoms with Crippen LogP contribution < -0.4 is 5.73 Å². The van der Waals surface area contributed by atoms with Gasteiger partial charge in [-0.2, -0.15) is 0 Å². The second kappa shape index (κ2) is 5.63. The fourth-order valence-electron chi connectivity index (χ4n) is 1.32. The molecule has 1 aromatic carbocycles. The Balaban J connectivity index is 2.12. The van der Waals surface area contributed by atoms with E-state index in [1.807, 2.05) is 18.2 Å². The molecule has 0 saturated carbocycles. The number of halogens is 2. The Bertz CT molecular complexity index is 532. The maximum absolute atomic E-state index is 6.08. The highest BCUT2D eigenvalue weighted by Crippen LogP contribution is 2.32. The zero-order valence-corrected chi connectivity index (χ0v) is 11.2. The Morgan fingerprint density at radius 2 is 2.06 bits per heavy atom. The standard InChI is InChI=1S/C12H10Cl2N2S/c13-9-3-4-10(14)11(6-9)17-7-8-2-1-5-16-12(8)15/h1-6H,7H2,(H2,15,16). The molecule has 0 aliphatic heterocycles. The molecule has 5 heteroatoms. The lowest BCUT2D eigenvalue weighted by Crippen LogP contribution is -1.95. The summed E-state index contributed by atoms with van der Waals surface area (Å²) in [6, 6.07) is 9.23. The number of nitrogen functional groups attached to an aromatic ring is 1. The molecule has 1 heterocycles. The van der Waals surface area contributed by atoms with Crippen molar-refractivity contribution >= 4 is 40.8 Å². The summed E-state index contributed by atoms with van der Waals surface area (Å²) in [4.78, 5) is 4.98. The van der Waals surface area contributed by atoms with Gasteiger partial charge in [0.05, 0.1) is 5.02 Å². The number of hydrogen-bond donors (Lipinski definition) is 1. The van der Waals surface area contributed by atoms with Crippen molar-refractivity contribution in [3.63, 3.8) is 0 Å². The Labute approximate surface area is 114 Å². The van der Waals surface area contributed by atoms with Crippen molar-refractivity contribution in [3.05, 3.63) is 52.1 Å². The maximum Gasteiger partial charge on any atom is 0.127 e. The molecule has 88 valence electrons. The van der Waals surface area contributed by atoms with Crippen molar-refractivity contribution in [2.24, 2.45) is 0 Å². The third-order valence-electron chi connectivity index (χ3n) is 2.20. The predicted octanol–water partition coefficient (Wildman–Crippen LogP) is 4.26. The minimum absolute atomic E-state index is 0.554. The third kappa shape index (κ3) is 3.28. The Hall–Kier alpha value is -0.900. The van der Waals surface area contributed by atoms with E-state index in [9.17, 15) is 0 Å². The first-order valence-electron chi connectivity index (χ1n) is 4.94. The molecule has 0 spiro atoms. The SMILES string of the molecule is Nc1ncccc1CSc1cc(Cl)ccc1Cl. The molecule has 0 atom stereocenters. The van der Waals surface area contributed by atoms with Crippen molar-refractivity contribution in [2.45, 2.75) is 10.6 Å². The first kappa shape index (κ1) is 12.6. The summed E-state index contributed by atoms with van der Waals surface area (Å²) < 4.78 is 0. The Kier molecular flexibility index (Phi) is 4.15. The smallest absolute Gasteiger partial charge is 0.127 e. The Morgan fingerprint density at radius 1 is 1.24 bits per heavy atom. The zero-order chi connectivity index (χ0) is 12.3. The number of nitrogens with two attached hydrogens (primary N) is 1. The van der Waals surface area contributed by atoms with Crippen LogP contribution in [0, 0.1) is 0 Å². The van der Waals surface area contributed by atoms with E-state index in [2.05, 4.69) is 4.98 Å². The average Bonchev–Trinajstić information content (AvgIpc) is 2.32. The molecule has 0 amide bonds. The quantitative estimate of drug-likeness (QED) is 0.856. The summed E-state index contributed by atoms with van der Waals surface area (Å²) in [5, 5.41) is 1.37. The fourth-order valence-corrected chi connectivity index (χ4v) is 2.81. The summed E-state index contributed by atoms with van der Waals surface area (Å²) in [6.07, 6.45) is 1.68. The molecule has 2 nitrogen and oxygen atoms in total. The average molecular weight is 285 g/mol.